The zero-order valence-corrected chi connectivity index (χ0v) is 22.5. The van der Waals surface area contributed by atoms with Gasteiger partial charge in [0, 0.05) is 21.8 Å². The third-order valence-electron chi connectivity index (χ3n) is 5.67. The van der Waals surface area contributed by atoms with Gasteiger partial charge in [-0.1, -0.05) is 60.2 Å². The highest BCUT2D eigenvalue weighted by atomic mass is 32.2. The van der Waals surface area contributed by atoms with Crippen molar-refractivity contribution in [2.75, 3.05) is 16.4 Å². The van der Waals surface area contributed by atoms with E-state index in [1.165, 1.54) is 11.8 Å². The van der Waals surface area contributed by atoms with Crippen LogP contribution >= 0.6 is 11.8 Å². The summed E-state index contributed by atoms with van der Waals surface area (Å²) in [5.41, 5.74) is 4.83. The smallest absolute Gasteiger partial charge is 0.272 e. The topological polar surface area (TPSA) is 87.3 Å². The first-order chi connectivity index (χ1) is 18.9. The Kier molecular flexibility index (Phi) is 9.32. The van der Waals surface area contributed by atoms with Crippen molar-refractivity contribution in [3.63, 3.8) is 0 Å². The summed E-state index contributed by atoms with van der Waals surface area (Å²) >= 11 is 1.40. The van der Waals surface area contributed by atoms with Crippen LogP contribution in [-0.2, 0) is 9.59 Å². The number of aryl methyl sites for hydroxylation is 2. The van der Waals surface area contributed by atoms with E-state index in [1.54, 1.807) is 42.5 Å². The van der Waals surface area contributed by atoms with E-state index < -0.39 is 5.91 Å². The number of hydrogen-bond donors (Lipinski definition) is 3. The number of nitrogens with one attached hydrogen (secondary N) is 3. The Morgan fingerprint density at radius 2 is 1.41 bits per heavy atom. The van der Waals surface area contributed by atoms with Gasteiger partial charge in [-0.25, -0.2) is 0 Å². The van der Waals surface area contributed by atoms with Crippen molar-refractivity contribution in [1.29, 1.82) is 0 Å². The van der Waals surface area contributed by atoms with Gasteiger partial charge in [0.1, 0.15) is 5.70 Å². The lowest BCUT2D eigenvalue weighted by molar-refractivity contribution is -0.114. The molecular formula is C32H29N3O3S. The first-order valence-electron chi connectivity index (χ1n) is 12.4. The van der Waals surface area contributed by atoms with Crippen LogP contribution in [0.4, 0.5) is 11.4 Å². The molecule has 0 unspecified atom stereocenters. The molecule has 0 aromatic heterocycles. The maximum atomic E-state index is 13.2. The van der Waals surface area contributed by atoms with Crippen molar-refractivity contribution >= 4 is 46.9 Å². The van der Waals surface area contributed by atoms with Gasteiger partial charge in [0.25, 0.3) is 11.8 Å². The van der Waals surface area contributed by atoms with Gasteiger partial charge in [0.15, 0.2) is 0 Å². The number of carbonyl (C=O) groups excluding carboxylic acids is 3. The first-order valence-corrected chi connectivity index (χ1v) is 13.4. The van der Waals surface area contributed by atoms with Crippen LogP contribution in [-0.4, -0.2) is 23.5 Å². The van der Waals surface area contributed by atoms with E-state index in [0.717, 1.165) is 27.3 Å². The van der Waals surface area contributed by atoms with Gasteiger partial charge in [-0.2, -0.15) is 0 Å². The van der Waals surface area contributed by atoms with Crippen molar-refractivity contribution in [1.82, 2.24) is 5.32 Å². The predicted molar refractivity (Wildman–Crippen MR) is 159 cm³/mol. The molecule has 0 heterocycles. The van der Waals surface area contributed by atoms with Crippen LogP contribution < -0.4 is 16.0 Å². The first kappa shape index (κ1) is 27.4. The number of amides is 3. The third-order valence-corrected chi connectivity index (χ3v) is 6.68. The van der Waals surface area contributed by atoms with Crippen molar-refractivity contribution < 1.29 is 14.4 Å². The second kappa shape index (κ2) is 13.3. The molecule has 0 spiro atoms. The van der Waals surface area contributed by atoms with E-state index in [2.05, 4.69) is 16.0 Å². The van der Waals surface area contributed by atoms with E-state index in [9.17, 15) is 14.4 Å². The minimum absolute atomic E-state index is 0.0944. The second-order valence-corrected chi connectivity index (χ2v) is 10.0. The molecule has 0 bridgehead atoms. The van der Waals surface area contributed by atoms with E-state index in [4.69, 9.17) is 0 Å². The molecule has 39 heavy (non-hydrogen) atoms. The number of rotatable bonds is 9. The molecule has 0 saturated heterocycles. The highest BCUT2D eigenvalue weighted by Gasteiger charge is 2.15. The molecule has 0 atom stereocenters. The van der Waals surface area contributed by atoms with Gasteiger partial charge in [-0.3, -0.25) is 14.4 Å². The second-order valence-electron chi connectivity index (χ2n) is 8.98. The summed E-state index contributed by atoms with van der Waals surface area (Å²) in [5, 5.41) is 8.50. The van der Waals surface area contributed by atoms with E-state index >= 15 is 0 Å². The van der Waals surface area contributed by atoms with Crippen molar-refractivity contribution in [3.05, 3.63) is 131 Å². The number of carbonyl (C=O) groups is 3. The minimum atomic E-state index is -0.446. The average Bonchev–Trinajstić information content (AvgIpc) is 2.93. The van der Waals surface area contributed by atoms with Crippen molar-refractivity contribution in [2.45, 2.75) is 18.7 Å². The number of anilines is 2. The molecule has 0 aliphatic heterocycles. The Balaban J connectivity index is 1.40. The Bertz CT molecular complexity index is 1500. The zero-order valence-electron chi connectivity index (χ0n) is 21.7. The van der Waals surface area contributed by atoms with Crippen LogP contribution in [0.15, 0.2) is 114 Å². The molecule has 0 aliphatic carbocycles. The van der Waals surface area contributed by atoms with Gasteiger partial charge < -0.3 is 16.0 Å². The van der Waals surface area contributed by atoms with Crippen LogP contribution in [0, 0.1) is 13.8 Å². The van der Waals surface area contributed by atoms with Crippen LogP contribution in [0.3, 0.4) is 0 Å². The lowest BCUT2D eigenvalue weighted by Gasteiger charge is -2.12. The Hall–Kier alpha value is -4.62. The molecule has 3 N–H and O–H groups in total. The summed E-state index contributed by atoms with van der Waals surface area (Å²) in [4.78, 5) is 39.2. The SMILES string of the molecule is Cc1cccc(/C=C(\NC(=O)c2ccccc2)C(=O)Nc2ccc(SCC(=O)Nc3cccc(C)c3)cc2)c1. The fraction of sp³-hybridized carbons (Fsp3) is 0.0938. The van der Waals surface area contributed by atoms with Gasteiger partial charge in [-0.05, 0) is 79.6 Å². The predicted octanol–water partition coefficient (Wildman–Crippen LogP) is 6.44. The quantitative estimate of drug-likeness (QED) is 0.170. The molecular weight excluding hydrogens is 506 g/mol. The minimum Gasteiger partial charge on any atom is -0.325 e. The van der Waals surface area contributed by atoms with E-state index in [-0.39, 0.29) is 23.3 Å². The highest BCUT2D eigenvalue weighted by Crippen LogP contribution is 2.21. The molecule has 4 aromatic rings. The van der Waals surface area contributed by atoms with Crippen molar-refractivity contribution in [3.8, 4) is 0 Å². The van der Waals surface area contributed by atoms with Gasteiger partial charge in [0.05, 0.1) is 5.75 Å². The van der Waals surface area contributed by atoms with Gasteiger partial charge in [-0.15, -0.1) is 11.8 Å². The monoisotopic (exact) mass is 535 g/mol. The largest absolute Gasteiger partial charge is 0.325 e. The standard InChI is InChI=1S/C32H29N3O3S/c1-22-8-6-10-24(18-22)20-29(35-31(37)25-11-4-3-5-12-25)32(38)34-26-14-16-28(17-15-26)39-21-30(36)33-27-13-7-9-23(2)19-27/h3-20H,21H2,1-2H3,(H,33,36)(H,34,38)(H,35,37)/b29-20-. The fourth-order valence-corrected chi connectivity index (χ4v) is 4.47. The Morgan fingerprint density at radius 3 is 2.10 bits per heavy atom. The molecule has 6 nitrogen and oxygen atoms in total. The fourth-order valence-electron chi connectivity index (χ4n) is 3.77. The van der Waals surface area contributed by atoms with E-state index in [0.29, 0.717) is 11.3 Å². The molecule has 0 saturated carbocycles. The number of benzene rings is 4. The molecule has 7 heteroatoms. The summed E-state index contributed by atoms with van der Waals surface area (Å²) in [6, 6.07) is 31.3. The third kappa shape index (κ3) is 8.45. The normalized spacial score (nSPS) is 11.0. The number of hydrogen-bond acceptors (Lipinski definition) is 4. The van der Waals surface area contributed by atoms with E-state index in [1.807, 2.05) is 80.6 Å². The summed E-state index contributed by atoms with van der Waals surface area (Å²) in [6.07, 6.45) is 1.65. The lowest BCUT2D eigenvalue weighted by Crippen LogP contribution is -2.30. The van der Waals surface area contributed by atoms with Crippen LogP contribution in [0.5, 0.6) is 0 Å². The van der Waals surface area contributed by atoms with Gasteiger partial charge >= 0.3 is 0 Å². The average molecular weight is 536 g/mol. The molecule has 196 valence electrons. The van der Waals surface area contributed by atoms with Gasteiger partial charge in [0.2, 0.25) is 5.91 Å². The zero-order chi connectivity index (χ0) is 27.6. The number of thioether (sulfide) groups is 1. The Morgan fingerprint density at radius 1 is 0.718 bits per heavy atom. The molecule has 0 radical (unpaired) electrons. The van der Waals surface area contributed by atoms with Crippen LogP contribution in [0.1, 0.15) is 27.0 Å². The Labute approximate surface area is 232 Å². The molecule has 4 aromatic carbocycles. The van der Waals surface area contributed by atoms with Crippen LogP contribution in [0.25, 0.3) is 6.08 Å². The lowest BCUT2D eigenvalue weighted by atomic mass is 10.1. The van der Waals surface area contributed by atoms with Crippen LogP contribution in [0.2, 0.25) is 0 Å². The summed E-state index contributed by atoms with van der Waals surface area (Å²) in [6.45, 7) is 3.94. The summed E-state index contributed by atoms with van der Waals surface area (Å²) in [7, 11) is 0. The molecule has 3 amide bonds. The maximum Gasteiger partial charge on any atom is 0.272 e. The molecule has 0 fully saturated rings. The summed E-state index contributed by atoms with van der Waals surface area (Å²) in [5.74, 6) is -0.656. The van der Waals surface area contributed by atoms with Crippen molar-refractivity contribution in [2.24, 2.45) is 0 Å². The molecule has 0 aliphatic rings. The highest BCUT2D eigenvalue weighted by molar-refractivity contribution is 8.00. The summed E-state index contributed by atoms with van der Waals surface area (Å²) < 4.78 is 0. The molecule has 4 rings (SSSR count). The maximum absolute atomic E-state index is 13.2.